The number of carbonyl (C=O) groups is 2. The minimum atomic E-state index is -0.552. The zero-order valence-corrected chi connectivity index (χ0v) is 15.0. The van der Waals surface area contributed by atoms with Crippen LogP contribution in [0.4, 0.5) is 10.1 Å². The van der Waals surface area contributed by atoms with E-state index < -0.39 is 5.82 Å². The molecule has 1 unspecified atom stereocenters. The van der Waals surface area contributed by atoms with Crippen LogP contribution in [0.3, 0.4) is 0 Å². The molecule has 0 spiro atoms. The molecule has 25 heavy (non-hydrogen) atoms. The molecule has 0 saturated carbocycles. The minimum Gasteiger partial charge on any atom is -0.481 e. The molecule has 1 atom stereocenters. The van der Waals surface area contributed by atoms with Crippen molar-refractivity contribution in [2.45, 2.75) is 58.9 Å². The topological polar surface area (TPSA) is 67.4 Å². The predicted octanol–water partition coefficient (Wildman–Crippen LogP) is 3.77. The van der Waals surface area contributed by atoms with Gasteiger partial charge in [-0.2, -0.15) is 0 Å². The van der Waals surface area contributed by atoms with Crippen molar-refractivity contribution in [2.24, 2.45) is 5.92 Å². The molecule has 1 aromatic carbocycles. The van der Waals surface area contributed by atoms with Crippen LogP contribution in [0.5, 0.6) is 5.75 Å². The van der Waals surface area contributed by atoms with Crippen molar-refractivity contribution in [2.75, 3.05) is 11.9 Å². The van der Waals surface area contributed by atoms with Crippen LogP contribution in [0, 0.1) is 11.7 Å². The van der Waals surface area contributed by atoms with E-state index in [-0.39, 0.29) is 36.6 Å². The zero-order valence-electron chi connectivity index (χ0n) is 15.0. The van der Waals surface area contributed by atoms with E-state index in [1.807, 2.05) is 0 Å². The molecule has 138 valence electrons. The molecule has 2 amide bonds. The fourth-order valence-electron chi connectivity index (χ4n) is 3.02. The normalized spacial score (nSPS) is 14.3. The number of anilines is 1. The van der Waals surface area contributed by atoms with E-state index >= 15 is 0 Å². The standard InChI is InChI=1S/C19H27FN2O3/c1-3-5-6-8-13(7-4-2)19(24)21-11-14-9-10-15-18(17(14)20)22-16(23)12-25-15/h9-10,13H,3-8,11-12H2,1-2H3,(H,21,24)(H,22,23). The Morgan fingerprint density at radius 2 is 2.08 bits per heavy atom. The number of amides is 2. The maximum atomic E-state index is 14.5. The summed E-state index contributed by atoms with van der Waals surface area (Å²) in [7, 11) is 0. The summed E-state index contributed by atoms with van der Waals surface area (Å²) in [6.07, 6.45) is 5.92. The number of halogens is 1. The lowest BCUT2D eigenvalue weighted by atomic mass is 9.95. The van der Waals surface area contributed by atoms with Gasteiger partial charge in [-0.25, -0.2) is 4.39 Å². The number of rotatable bonds is 9. The summed E-state index contributed by atoms with van der Waals surface area (Å²) in [6.45, 7) is 4.18. The van der Waals surface area contributed by atoms with E-state index in [0.29, 0.717) is 11.3 Å². The Bertz CT molecular complexity index is 619. The molecular formula is C19H27FN2O3. The van der Waals surface area contributed by atoms with Gasteiger partial charge in [0.25, 0.3) is 5.91 Å². The second kappa shape index (κ2) is 9.39. The predicted molar refractivity (Wildman–Crippen MR) is 94.9 cm³/mol. The highest BCUT2D eigenvalue weighted by Gasteiger charge is 2.23. The summed E-state index contributed by atoms with van der Waals surface area (Å²) in [5, 5.41) is 5.32. The third kappa shape index (κ3) is 5.18. The first kappa shape index (κ1) is 19.2. The van der Waals surface area contributed by atoms with Gasteiger partial charge in [-0.1, -0.05) is 45.6 Å². The van der Waals surface area contributed by atoms with E-state index in [1.165, 1.54) is 0 Å². The Kier molecular flexibility index (Phi) is 7.22. The van der Waals surface area contributed by atoms with E-state index in [1.54, 1.807) is 12.1 Å². The Morgan fingerprint density at radius 3 is 2.80 bits per heavy atom. The number of nitrogens with one attached hydrogen (secondary N) is 2. The first-order valence-corrected chi connectivity index (χ1v) is 9.08. The molecule has 0 radical (unpaired) electrons. The Morgan fingerprint density at radius 1 is 1.28 bits per heavy atom. The number of hydrogen-bond acceptors (Lipinski definition) is 3. The van der Waals surface area contributed by atoms with Crippen LogP contribution >= 0.6 is 0 Å². The van der Waals surface area contributed by atoms with Gasteiger partial charge < -0.3 is 15.4 Å². The number of ether oxygens (including phenoxy) is 1. The average Bonchev–Trinajstić information content (AvgIpc) is 2.61. The van der Waals surface area contributed by atoms with Gasteiger partial charge in [0.1, 0.15) is 11.4 Å². The van der Waals surface area contributed by atoms with Crippen LogP contribution in [0.15, 0.2) is 12.1 Å². The third-order valence-corrected chi connectivity index (χ3v) is 4.42. The second-order valence-corrected chi connectivity index (χ2v) is 6.45. The highest BCUT2D eigenvalue weighted by Crippen LogP contribution is 2.32. The zero-order chi connectivity index (χ0) is 18.2. The summed E-state index contributed by atoms with van der Waals surface area (Å²) < 4.78 is 19.7. The molecule has 2 N–H and O–H groups in total. The summed E-state index contributed by atoms with van der Waals surface area (Å²) in [5.74, 6) is -0.679. The molecule has 0 aromatic heterocycles. The fraction of sp³-hybridized carbons (Fsp3) is 0.579. The van der Waals surface area contributed by atoms with Crippen LogP contribution in [0.2, 0.25) is 0 Å². The van der Waals surface area contributed by atoms with Crippen LogP contribution < -0.4 is 15.4 Å². The molecule has 0 bridgehead atoms. The molecule has 0 fully saturated rings. The maximum Gasteiger partial charge on any atom is 0.262 e. The number of fused-ring (bicyclic) bond motifs is 1. The van der Waals surface area contributed by atoms with Crippen molar-refractivity contribution in [3.8, 4) is 5.75 Å². The maximum absolute atomic E-state index is 14.5. The number of benzene rings is 1. The van der Waals surface area contributed by atoms with Gasteiger partial charge >= 0.3 is 0 Å². The lowest BCUT2D eigenvalue weighted by molar-refractivity contribution is -0.125. The van der Waals surface area contributed by atoms with Gasteiger partial charge in [0, 0.05) is 18.0 Å². The van der Waals surface area contributed by atoms with Crippen LogP contribution in [-0.2, 0) is 16.1 Å². The van der Waals surface area contributed by atoms with E-state index in [2.05, 4.69) is 24.5 Å². The first-order chi connectivity index (χ1) is 12.1. The highest BCUT2D eigenvalue weighted by molar-refractivity contribution is 5.95. The van der Waals surface area contributed by atoms with E-state index in [0.717, 1.165) is 38.5 Å². The molecule has 0 saturated heterocycles. The number of unbranched alkanes of at least 4 members (excludes halogenated alkanes) is 2. The van der Waals surface area contributed by atoms with Crippen molar-refractivity contribution in [1.29, 1.82) is 0 Å². The van der Waals surface area contributed by atoms with E-state index in [4.69, 9.17) is 4.74 Å². The monoisotopic (exact) mass is 350 g/mol. The minimum absolute atomic E-state index is 0.0275. The van der Waals surface area contributed by atoms with Crippen molar-refractivity contribution < 1.29 is 18.7 Å². The van der Waals surface area contributed by atoms with Crippen molar-refractivity contribution in [3.63, 3.8) is 0 Å². The molecule has 2 rings (SSSR count). The van der Waals surface area contributed by atoms with Gasteiger partial charge in [-0.3, -0.25) is 9.59 Å². The number of hydrogen-bond donors (Lipinski definition) is 2. The summed E-state index contributed by atoms with van der Waals surface area (Å²) in [5.41, 5.74) is 0.387. The van der Waals surface area contributed by atoms with Crippen LogP contribution in [-0.4, -0.2) is 18.4 Å². The molecule has 1 aliphatic heterocycles. The van der Waals surface area contributed by atoms with Gasteiger partial charge in [0.2, 0.25) is 5.91 Å². The molecule has 1 aliphatic rings. The molecule has 1 aromatic rings. The van der Waals surface area contributed by atoms with Gasteiger partial charge in [-0.15, -0.1) is 0 Å². The van der Waals surface area contributed by atoms with Gasteiger partial charge in [0.05, 0.1) is 0 Å². The van der Waals surface area contributed by atoms with Crippen LogP contribution in [0.25, 0.3) is 0 Å². The lowest BCUT2D eigenvalue weighted by Gasteiger charge is -2.20. The Hall–Kier alpha value is -2.11. The largest absolute Gasteiger partial charge is 0.481 e. The summed E-state index contributed by atoms with van der Waals surface area (Å²) >= 11 is 0. The number of carbonyl (C=O) groups excluding carboxylic acids is 2. The fourth-order valence-corrected chi connectivity index (χ4v) is 3.02. The molecular weight excluding hydrogens is 323 g/mol. The molecule has 1 heterocycles. The van der Waals surface area contributed by atoms with Crippen molar-refractivity contribution in [1.82, 2.24) is 5.32 Å². The SMILES string of the molecule is CCCCCC(CCC)C(=O)NCc1ccc2c(c1F)NC(=O)CO2. The van der Waals surface area contributed by atoms with E-state index in [9.17, 15) is 14.0 Å². The molecule has 6 heteroatoms. The summed E-state index contributed by atoms with van der Waals surface area (Å²) in [6, 6.07) is 3.20. The molecule has 0 aliphatic carbocycles. The first-order valence-electron chi connectivity index (χ1n) is 9.08. The van der Waals surface area contributed by atoms with Crippen LogP contribution in [0.1, 0.15) is 57.9 Å². The van der Waals surface area contributed by atoms with Crippen molar-refractivity contribution >= 4 is 17.5 Å². The lowest BCUT2D eigenvalue weighted by Crippen LogP contribution is -2.31. The smallest absolute Gasteiger partial charge is 0.262 e. The van der Waals surface area contributed by atoms with Gasteiger partial charge in [0.15, 0.2) is 12.4 Å². The highest BCUT2D eigenvalue weighted by atomic mass is 19.1. The van der Waals surface area contributed by atoms with Gasteiger partial charge in [-0.05, 0) is 18.9 Å². The third-order valence-electron chi connectivity index (χ3n) is 4.42. The second-order valence-electron chi connectivity index (χ2n) is 6.45. The Labute approximate surface area is 148 Å². The summed E-state index contributed by atoms with van der Waals surface area (Å²) in [4.78, 5) is 23.8. The quantitative estimate of drug-likeness (QED) is 0.666. The van der Waals surface area contributed by atoms with Crippen molar-refractivity contribution in [3.05, 3.63) is 23.5 Å². The Balaban J connectivity index is 1.98. The average molecular weight is 350 g/mol. The molecule has 5 nitrogen and oxygen atoms in total.